The molecule has 1 fully saturated rings. The Morgan fingerprint density at radius 2 is 0.726 bits per heavy atom. The molecule has 0 aromatic heterocycles. The highest BCUT2D eigenvalue weighted by Gasteiger charge is 2.60. The van der Waals surface area contributed by atoms with Gasteiger partial charge < -0.3 is 0 Å². The molecule has 6 nitrogen and oxygen atoms in total. The van der Waals surface area contributed by atoms with Crippen molar-refractivity contribution in [2.45, 2.75) is 24.9 Å². The van der Waals surface area contributed by atoms with E-state index < -0.39 is 47.3 Å². The van der Waals surface area contributed by atoms with Gasteiger partial charge in [-0.05, 0) is 80.2 Å². The van der Waals surface area contributed by atoms with Gasteiger partial charge in [0, 0.05) is 33.0 Å². The standard InChI is InChI=1S/C54H40Cl2N2O4/c55-41-29-25-39(26-30-41)47-49(53(61)57(33-35-13-3-1-4-14-35)51(59)45-23-11-19-37-17-7-9-21-43(37)45)48(40-27-31-42(56)32-28-40)50(47)54(62)58(34-36-15-5-2-6-16-36)52(60)46-24-12-20-38-18-8-10-22-44(38)46/h1-32,47-50H,33-34H2. The number of nitrogens with zero attached hydrogens (tertiary/aromatic N) is 2. The lowest BCUT2D eigenvalue weighted by Crippen LogP contribution is -2.58. The van der Waals surface area contributed by atoms with Crippen molar-refractivity contribution in [1.82, 2.24) is 9.80 Å². The van der Waals surface area contributed by atoms with Gasteiger partial charge in [0.1, 0.15) is 0 Å². The predicted octanol–water partition coefficient (Wildman–Crippen LogP) is 12.2. The van der Waals surface area contributed by atoms with Crippen molar-refractivity contribution in [1.29, 1.82) is 0 Å². The summed E-state index contributed by atoms with van der Waals surface area (Å²) < 4.78 is 0. The first-order chi connectivity index (χ1) is 30.3. The summed E-state index contributed by atoms with van der Waals surface area (Å²) in [5, 5.41) is 4.15. The normalized spacial score (nSPS) is 16.9. The summed E-state index contributed by atoms with van der Waals surface area (Å²) in [5.41, 5.74) is 3.68. The number of amides is 4. The highest BCUT2D eigenvalue weighted by Crippen LogP contribution is 2.59. The van der Waals surface area contributed by atoms with Crippen molar-refractivity contribution in [2.75, 3.05) is 0 Å². The molecule has 0 radical (unpaired) electrons. The molecule has 1 saturated carbocycles. The fourth-order valence-corrected chi connectivity index (χ4v) is 9.32. The van der Waals surface area contributed by atoms with Gasteiger partial charge in [0.25, 0.3) is 11.8 Å². The van der Waals surface area contributed by atoms with Crippen molar-refractivity contribution < 1.29 is 19.2 Å². The molecule has 0 heterocycles. The van der Waals surface area contributed by atoms with E-state index in [1.54, 1.807) is 36.4 Å². The van der Waals surface area contributed by atoms with Crippen LogP contribution in [-0.2, 0) is 22.7 Å². The van der Waals surface area contributed by atoms with Gasteiger partial charge in [-0.3, -0.25) is 29.0 Å². The summed E-state index contributed by atoms with van der Waals surface area (Å²) in [5.74, 6) is -5.13. The number of benzene rings is 8. The molecule has 8 aromatic carbocycles. The SMILES string of the molecule is O=C(c1cccc2ccccc12)N(Cc1ccccc1)C(=O)C1C(c2ccc(Cl)cc2)C(C(=O)N(Cc2ccccc2)C(=O)c2cccc3ccccc23)C1c1ccc(Cl)cc1. The van der Waals surface area contributed by atoms with Crippen molar-refractivity contribution in [3.63, 3.8) is 0 Å². The Morgan fingerprint density at radius 1 is 0.387 bits per heavy atom. The predicted molar refractivity (Wildman–Crippen MR) is 246 cm³/mol. The molecule has 0 spiro atoms. The van der Waals surface area contributed by atoms with Gasteiger partial charge in [-0.15, -0.1) is 0 Å². The van der Waals surface area contributed by atoms with E-state index in [0.717, 1.165) is 32.7 Å². The molecule has 9 rings (SSSR count). The van der Waals surface area contributed by atoms with Crippen molar-refractivity contribution >= 4 is 68.4 Å². The van der Waals surface area contributed by atoms with E-state index in [2.05, 4.69) is 0 Å². The number of hydrogen-bond donors (Lipinski definition) is 0. The molecule has 0 bridgehead atoms. The topological polar surface area (TPSA) is 74.8 Å². The Balaban J connectivity index is 1.20. The van der Waals surface area contributed by atoms with Gasteiger partial charge in [0.15, 0.2) is 0 Å². The summed E-state index contributed by atoms with van der Waals surface area (Å²) in [6.45, 7) is -0.00552. The first kappa shape index (κ1) is 40.5. The lowest BCUT2D eigenvalue weighted by atomic mass is 9.51. The zero-order chi connectivity index (χ0) is 42.7. The van der Waals surface area contributed by atoms with Crippen molar-refractivity contribution in [3.8, 4) is 0 Å². The quantitative estimate of drug-likeness (QED) is 0.128. The van der Waals surface area contributed by atoms with Crippen LogP contribution in [0, 0.1) is 11.8 Å². The molecule has 8 aromatic rings. The lowest BCUT2D eigenvalue weighted by Gasteiger charge is -2.52. The third kappa shape index (κ3) is 7.91. The molecule has 0 unspecified atom stereocenters. The average molecular weight is 852 g/mol. The number of carbonyl (C=O) groups excluding carboxylic acids is 4. The van der Waals surface area contributed by atoms with Crippen LogP contribution in [0.3, 0.4) is 0 Å². The van der Waals surface area contributed by atoms with Crippen molar-refractivity contribution in [2.24, 2.45) is 11.8 Å². The largest absolute Gasteiger partial charge is 0.274 e. The Bertz CT molecular complexity index is 2720. The first-order valence-electron chi connectivity index (χ1n) is 20.5. The smallest absolute Gasteiger partial charge is 0.261 e. The number of halogens is 2. The maximum absolute atomic E-state index is 15.8. The number of hydrogen-bond acceptors (Lipinski definition) is 4. The van der Waals surface area contributed by atoms with Gasteiger partial charge in [0.05, 0.1) is 24.9 Å². The maximum atomic E-state index is 15.8. The molecule has 4 amide bonds. The van der Waals surface area contributed by atoms with Crippen LogP contribution < -0.4 is 0 Å². The fraction of sp³-hybridized carbons (Fsp3) is 0.111. The van der Waals surface area contributed by atoms with Gasteiger partial charge in [0.2, 0.25) is 11.8 Å². The van der Waals surface area contributed by atoms with E-state index in [4.69, 9.17) is 23.2 Å². The molecule has 1 aliphatic rings. The molecular formula is C54H40Cl2N2O4. The maximum Gasteiger partial charge on any atom is 0.261 e. The van der Waals surface area contributed by atoms with Crippen LogP contribution in [0.2, 0.25) is 10.0 Å². The van der Waals surface area contributed by atoms with E-state index in [1.165, 1.54) is 9.80 Å². The minimum Gasteiger partial charge on any atom is -0.274 e. The number of imide groups is 2. The van der Waals surface area contributed by atoms with Crippen LogP contribution in [0.15, 0.2) is 194 Å². The molecule has 0 N–H and O–H groups in total. The van der Waals surface area contributed by atoms with Crippen LogP contribution in [-0.4, -0.2) is 33.4 Å². The van der Waals surface area contributed by atoms with E-state index in [-0.39, 0.29) is 13.1 Å². The summed E-state index contributed by atoms with van der Waals surface area (Å²) in [6, 6.07) is 59.3. The number of rotatable bonds is 10. The summed E-state index contributed by atoms with van der Waals surface area (Å²) in [6.07, 6.45) is 0. The second-order valence-corrected chi connectivity index (χ2v) is 16.6. The van der Waals surface area contributed by atoms with E-state index >= 15 is 19.2 Å². The van der Waals surface area contributed by atoms with Crippen LogP contribution in [0.1, 0.15) is 54.8 Å². The van der Waals surface area contributed by atoms with Crippen LogP contribution >= 0.6 is 23.2 Å². The molecule has 8 heteroatoms. The summed E-state index contributed by atoms with van der Waals surface area (Å²) in [4.78, 5) is 64.3. The Labute approximate surface area is 369 Å². The van der Waals surface area contributed by atoms with E-state index in [1.807, 2.05) is 158 Å². The monoisotopic (exact) mass is 850 g/mol. The molecule has 0 atom stereocenters. The first-order valence-corrected chi connectivity index (χ1v) is 21.3. The molecule has 0 saturated heterocycles. The van der Waals surface area contributed by atoms with Gasteiger partial charge in [-0.1, -0.05) is 181 Å². The third-order valence-corrected chi connectivity index (χ3v) is 12.6. The van der Waals surface area contributed by atoms with E-state index in [0.29, 0.717) is 32.3 Å². The van der Waals surface area contributed by atoms with Gasteiger partial charge in [-0.25, -0.2) is 0 Å². The molecule has 62 heavy (non-hydrogen) atoms. The Morgan fingerprint density at radius 3 is 1.11 bits per heavy atom. The molecule has 0 aliphatic heterocycles. The van der Waals surface area contributed by atoms with Crippen LogP contribution in [0.25, 0.3) is 21.5 Å². The summed E-state index contributed by atoms with van der Waals surface area (Å²) >= 11 is 12.9. The average Bonchev–Trinajstić information content (AvgIpc) is 3.30. The van der Waals surface area contributed by atoms with Gasteiger partial charge >= 0.3 is 0 Å². The third-order valence-electron chi connectivity index (χ3n) is 12.1. The number of fused-ring (bicyclic) bond motifs is 2. The van der Waals surface area contributed by atoms with Crippen LogP contribution in [0.5, 0.6) is 0 Å². The minimum atomic E-state index is -0.917. The van der Waals surface area contributed by atoms with E-state index in [9.17, 15) is 0 Å². The second-order valence-electron chi connectivity index (χ2n) is 15.7. The number of carbonyl (C=O) groups is 4. The summed E-state index contributed by atoms with van der Waals surface area (Å²) in [7, 11) is 0. The molecule has 304 valence electrons. The van der Waals surface area contributed by atoms with Crippen molar-refractivity contribution in [3.05, 3.63) is 238 Å². The lowest BCUT2D eigenvalue weighted by molar-refractivity contribution is -0.150. The molecule has 1 aliphatic carbocycles. The fourth-order valence-electron chi connectivity index (χ4n) is 9.07. The second kappa shape index (κ2) is 17.6. The van der Waals surface area contributed by atoms with Gasteiger partial charge in [-0.2, -0.15) is 0 Å². The van der Waals surface area contributed by atoms with Crippen LogP contribution in [0.4, 0.5) is 0 Å². The highest BCUT2D eigenvalue weighted by atomic mass is 35.5. The Kier molecular flexibility index (Phi) is 11.5. The highest BCUT2D eigenvalue weighted by molar-refractivity contribution is 6.31. The zero-order valence-electron chi connectivity index (χ0n) is 33.5. The Hall–Kier alpha value is -6.86. The zero-order valence-corrected chi connectivity index (χ0v) is 35.0. The minimum absolute atomic E-state index is 0.00276. The molecular weight excluding hydrogens is 812 g/mol.